The molecular formula is C17H27BrN2. The van der Waals surface area contributed by atoms with Crippen molar-refractivity contribution in [1.29, 1.82) is 0 Å². The number of halogens is 1. The molecule has 1 heterocycles. The third kappa shape index (κ3) is 3.44. The summed E-state index contributed by atoms with van der Waals surface area (Å²) in [5.41, 5.74) is 2.80. The molecule has 112 valence electrons. The maximum Gasteiger partial charge on any atom is 0.0391 e. The molecule has 1 N–H and O–H groups in total. The molecule has 0 spiro atoms. The molecule has 1 aliphatic heterocycles. The van der Waals surface area contributed by atoms with Crippen LogP contribution in [0.5, 0.6) is 0 Å². The topological polar surface area (TPSA) is 15.3 Å². The lowest BCUT2D eigenvalue weighted by atomic mass is 9.83. The Bertz CT molecular complexity index is 443. The lowest BCUT2D eigenvalue weighted by Crippen LogP contribution is -2.45. The third-order valence-corrected chi connectivity index (χ3v) is 5.34. The highest BCUT2D eigenvalue weighted by atomic mass is 79.9. The van der Waals surface area contributed by atoms with Crippen LogP contribution in [0.25, 0.3) is 0 Å². The third-order valence-electron chi connectivity index (χ3n) is 4.45. The Labute approximate surface area is 132 Å². The van der Waals surface area contributed by atoms with Gasteiger partial charge in [-0.05, 0) is 76.9 Å². The number of nitrogens with one attached hydrogen (secondary N) is 1. The largest absolute Gasteiger partial charge is 0.319 e. The molecule has 0 aliphatic carbocycles. The van der Waals surface area contributed by atoms with Crippen molar-refractivity contribution in [3.63, 3.8) is 0 Å². The van der Waals surface area contributed by atoms with E-state index in [-0.39, 0.29) is 0 Å². The Hall–Kier alpha value is -0.380. The molecule has 1 aliphatic rings. The first kappa shape index (κ1) is 16.0. The molecular weight excluding hydrogens is 312 g/mol. The van der Waals surface area contributed by atoms with Gasteiger partial charge in [0.05, 0.1) is 0 Å². The van der Waals surface area contributed by atoms with Gasteiger partial charge in [0.15, 0.2) is 0 Å². The molecule has 0 bridgehead atoms. The highest BCUT2D eigenvalue weighted by Gasteiger charge is 2.33. The van der Waals surface area contributed by atoms with E-state index in [1.165, 1.54) is 35.0 Å². The summed E-state index contributed by atoms with van der Waals surface area (Å²) >= 11 is 3.62. The Morgan fingerprint density at radius 2 is 2.15 bits per heavy atom. The van der Waals surface area contributed by atoms with Gasteiger partial charge in [-0.1, -0.05) is 28.1 Å². The molecule has 0 radical (unpaired) electrons. The first-order valence-electron chi connectivity index (χ1n) is 7.71. The summed E-state index contributed by atoms with van der Waals surface area (Å²) in [7, 11) is 2.07. The van der Waals surface area contributed by atoms with Gasteiger partial charge in [-0.15, -0.1) is 0 Å². The lowest BCUT2D eigenvalue weighted by molar-refractivity contribution is 0.0636. The van der Waals surface area contributed by atoms with Gasteiger partial charge in [-0.2, -0.15) is 0 Å². The minimum atomic E-state index is 0.544. The Morgan fingerprint density at radius 1 is 1.40 bits per heavy atom. The van der Waals surface area contributed by atoms with Crippen LogP contribution < -0.4 is 5.32 Å². The number of nitrogens with zero attached hydrogens (tertiary/aromatic N) is 1. The maximum atomic E-state index is 3.62. The quantitative estimate of drug-likeness (QED) is 0.887. The Balaban J connectivity index is 2.35. The van der Waals surface area contributed by atoms with Crippen LogP contribution >= 0.6 is 15.9 Å². The molecule has 1 saturated heterocycles. The van der Waals surface area contributed by atoms with Gasteiger partial charge in [-0.3, -0.25) is 4.90 Å². The van der Waals surface area contributed by atoms with E-state index >= 15 is 0 Å². The zero-order valence-electron chi connectivity index (χ0n) is 13.1. The molecule has 1 aromatic rings. The first-order chi connectivity index (χ1) is 9.54. The van der Waals surface area contributed by atoms with E-state index in [1.807, 2.05) is 0 Å². The van der Waals surface area contributed by atoms with E-state index in [1.54, 1.807) is 0 Å². The van der Waals surface area contributed by atoms with Crippen LogP contribution in [0.4, 0.5) is 0 Å². The number of likely N-dealkylation sites (tertiary alicyclic amines) is 1. The van der Waals surface area contributed by atoms with Crippen LogP contribution in [0.3, 0.4) is 0 Å². The summed E-state index contributed by atoms with van der Waals surface area (Å²) in [6.45, 7) is 9.14. The van der Waals surface area contributed by atoms with Gasteiger partial charge in [0.1, 0.15) is 0 Å². The fourth-order valence-corrected chi connectivity index (χ4v) is 3.72. The van der Waals surface area contributed by atoms with Gasteiger partial charge >= 0.3 is 0 Å². The predicted octanol–water partition coefficient (Wildman–Crippen LogP) is 4.14. The number of piperidine rings is 1. The molecule has 2 atom stereocenters. The normalized spacial score (nSPS) is 24.3. The summed E-state index contributed by atoms with van der Waals surface area (Å²) in [6, 6.07) is 8.00. The van der Waals surface area contributed by atoms with Crippen molar-refractivity contribution in [3.05, 3.63) is 33.8 Å². The summed E-state index contributed by atoms with van der Waals surface area (Å²) in [5, 5.41) is 3.39. The molecule has 0 saturated carbocycles. The highest BCUT2D eigenvalue weighted by Crippen LogP contribution is 2.38. The van der Waals surface area contributed by atoms with E-state index < -0.39 is 0 Å². The first-order valence-corrected chi connectivity index (χ1v) is 8.50. The van der Waals surface area contributed by atoms with Gasteiger partial charge in [0.25, 0.3) is 0 Å². The van der Waals surface area contributed by atoms with Crippen LogP contribution in [0.15, 0.2) is 22.7 Å². The number of aryl methyl sites for hydroxylation is 1. The Morgan fingerprint density at radius 3 is 2.75 bits per heavy atom. The van der Waals surface area contributed by atoms with Crippen LogP contribution in [0, 0.1) is 12.8 Å². The van der Waals surface area contributed by atoms with Crippen molar-refractivity contribution >= 4 is 15.9 Å². The van der Waals surface area contributed by atoms with Gasteiger partial charge in [0.2, 0.25) is 0 Å². The summed E-state index contributed by atoms with van der Waals surface area (Å²) < 4.78 is 1.21. The summed E-state index contributed by atoms with van der Waals surface area (Å²) in [5.74, 6) is 0.705. The smallest absolute Gasteiger partial charge is 0.0391 e. The monoisotopic (exact) mass is 338 g/mol. The molecule has 2 unspecified atom stereocenters. The van der Waals surface area contributed by atoms with E-state index in [0.717, 1.165) is 6.54 Å². The standard InChI is InChI=1S/C17H27BrN2/c1-12(2)20-9-5-6-15(11-19-4)17(20)14-7-8-16(18)13(3)10-14/h7-8,10,12,15,17,19H,5-6,9,11H2,1-4H3. The van der Waals surface area contributed by atoms with Crippen molar-refractivity contribution in [2.75, 3.05) is 20.1 Å². The number of hydrogen-bond donors (Lipinski definition) is 1. The molecule has 1 fully saturated rings. The van der Waals surface area contributed by atoms with E-state index in [4.69, 9.17) is 0 Å². The predicted molar refractivity (Wildman–Crippen MR) is 90.1 cm³/mol. The minimum absolute atomic E-state index is 0.544. The second-order valence-corrected chi connectivity index (χ2v) is 7.10. The SMILES string of the molecule is CNCC1CCCN(C(C)C)C1c1ccc(Br)c(C)c1. The highest BCUT2D eigenvalue weighted by molar-refractivity contribution is 9.10. The molecule has 0 aromatic heterocycles. The maximum absolute atomic E-state index is 3.62. The molecule has 20 heavy (non-hydrogen) atoms. The van der Waals surface area contributed by atoms with Crippen molar-refractivity contribution in [3.8, 4) is 0 Å². The van der Waals surface area contributed by atoms with E-state index in [2.05, 4.69) is 72.2 Å². The van der Waals surface area contributed by atoms with Crippen LogP contribution in [-0.4, -0.2) is 31.1 Å². The van der Waals surface area contributed by atoms with Gasteiger partial charge in [0, 0.05) is 16.6 Å². The lowest BCUT2D eigenvalue weighted by Gasteiger charge is -2.44. The zero-order valence-corrected chi connectivity index (χ0v) is 14.7. The van der Waals surface area contributed by atoms with Crippen molar-refractivity contribution < 1.29 is 0 Å². The van der Waals surface area contributed by atoms with Crippen molar-refractivity contribution in [1.82, 2.24) is 10.2 Å². The zero-order chi connectivity index (χ0) is 14.7. The van der Waals surface area contributed by atoms with Gasteiger partial charge < -0.3 is 5.32 Å². The van der Waals surface area contributed by atoms with E-state index in [0.29, 0.717) is 18.0 Å². The summed E-state index contributed by atoms with van der Waals surface area (Å²) in [6.07, 6.45) is 2.64. The Kier molecular flexibility index (Phi) is 5.65. The average molecular weight is 339 g/mol. The molecule has 2 nitrogen and oxygen atoms in total. The second kappa shape index (κ2) is 7.06. The van der Waals surface area contributed by atoms with E-state index in [9.17, 15) is 0 Å². The molecule has 1 aromatic carbocycles. The van der Waals surface area contributed by atoms with Crippen molar-refractivity contribution in [2.24, 2.45) is 5.92 Å². The van der Waals surface area contributed by atoms with Crippen LogP contribution in [0.1, 0.15) is 43.9 Å². The molecule has 2 rings (SSSR count). The minimum Gasteiger partial charge on any atom is -0.319 e. The number of rotatable bonds is 4. The fraction of sp³-hybridized carbons (Fsp3) is 0.647. The van der Waals surface area contributed by atoms with Crippen LogP contribution in [0.2, 0.25) is 0 Å². The number of benzene rings is 1. The number of hydrogen-bond acceptors (Lipinski definition) is 2. The summed E-state index contributed by atoms with van der Waals surface area (Å²) in [4.78, 5) is 2.67. The molecule has 3 heteroatoms. The second-order valence-electron chi connectivity index (χ2n) is 6.25. The fourth-order valence-electron chi connectivity index (χ4n) is 3.47. The average Bonchev–Trinajstić information content (AvgIpc) is 2.42. The molecule has 0 amide bonds. The van der Waals surface area contributed by atoms with Gasteiger partial charge in [-0.25, -0.2) is 0 Å². The van der Waals surface area contributed by atoms with Crippen LogP contribution in [-0.2, 0) is 0 Å². The van der Waals surface area contributed by atoms with Crippen molar-refractivity contribution in [2.45, 2.75) is 45.7 Å².